The number of nitrogens with one attached hydrogen (secondary N) is 1. The molecular weight excluding hydrogens is 448 g/mol. The van der Waals surface area contributed by atoms with Gasteiger partial charge in [0.05, 0.1) is 23.7 Å². The first-order valence-electron chi connectivity index (χ1n) is 11.3. The number of rotatable bonds is 7. The van der Waals surface area contributed by atoms with Crippen LogP contribution in [0.4, 0.5) is 5.00 Å². The molecule has 34 heavy (non-hydrogen) atoms. The molecule has 0 saturated carbocycles. The number of benzene rings is 2. The second-order valence-electron chi connectivity index (χ2n) is 8.23. The number of thiophene rings is 1. The van der Waals surface area contributed by atoms with E-state index >= 15 is 0 Å². The lowest BCUT2D eigenvalue weighted by molar-refractivity contribution is -0.122. The van der Waals surface area contributed by atoms with Gasteiger partial charge < -0.3 is 14.8 Å². The molecule has 1 N–H and O–H groups in total. The molecule has 2 unspecified atom stereocenters. The average Bonchev–Trinajstić information content (AvgIpc) is 3.21. The summed E-state index contributed by atoms with van der Waals surface area (Å²) < 4.78 is 11.1. The number of nitriles is 1. The Morgan fingerprint density at radius 3 is 2.47 bits per heavy atom. The van der Waals surface area contributed by atoms with Gasteiger partial charge in [0.1, 0.15) is 10.8 Å². The average molecular weight is 475 g/mol. The fraction of sp³-hybridized carbons (Fsp3) is 0.296. The van der Waals surface area contributed by atoms with E-state index in [1.54, 1.807) is 26.0 Å². The van der Waals surface area contributed by atoms with Crippen molar-refractivity contribution in [1.29, 1.82) is 5.26 Å². The van der Waals surface area contributed by atoms with Crippen LogP contribution in [0, 0.1) is 11.3 Å². The second-order valence-corrected chi connectivity index (χ2v) is 9.33. The van der Waals surface area contributed by atoms with E-state index in [-0.39, 0.29) is 12.5 Å². The number of nitrogens with zero attached hydrogens (tertiary/aromatic N) is 1. The predicted molar refractivity (Wildman–Crippen MR) is 131 cm³/mol. The molecule has 1 heterocycles. The van der Waals surface area contributed by atoms with Crippen LogP contribution < -0.4 is 10.1 Å². The SMILES string of the molecule is CCOC(=O)c1c(NC(=O)C(C)Oc2ccccc2)sc2c1CCC(C#N)(c1ccccc1)C2. The Balaban J connectivity index is 1.63. The summed E-state index contributed by atoms with van der Waals surface area (Å²) in [6.45, 7) is 3.65. The van der Waals surface area contributed by atoms with Crippen LogP contribution in [0.5, 0.6) is 5.75 Å². The molecule has 174 valence electrons. The highest BCUT2D eigenvalue weighted by atomic mass is 32.1. The maximum atomic E-state index is 12.9. The van der Waals surface area contributed by atoms with Gasteiger partial charge in [0.15, 0.2) is 6.10 Å². The fourth-order valence-electron chi connectivity index (χ4n) is 4.26. The highest BCUT2D eigenvalue weighted by Crippen LogP contribution is 2.45. The predicted octanol–water partition coefficient (Wildman–Crippen LogP) is 5.28. The van der Waals surface area contributed by atoms with Crippen molar-refractivity contribution in [2.24, 2.45) is 0 Å². The van der Waals surface area contributed by atoms with E-state index in [0.29, 0.717) is 35.6 Å². The van der Waals surface area contributed by atoms with Gasteiger partial charge in [-0.05, 0) is 49.9 Å². The quantitative estimate of drug-likeness (QED) is 0.471. The number of esters is 1. The Bertz CT molecular complexity index is 1220. The summed E-state index contributed by atoms with van der Waals surface area (Å²) in [6, 6.07) is 21.4. The first kappa shape index (κ1) is 23.5. The van der Waals surface area contributed by atoms with E-state index in [1.807, 2.05) is 48.5 Å². The third-order valence-corrected chi connectivity index (χ3v) is 7.18. The zero-order valence-corrected chi connectivity index (χ0v) is 20.0. The number of hydrogen-bond acceptors (Lipinski definition) is 6. The molecule has 0 bridgehead atoms. The summed E-state index contributed by atoms with van der Waals surface area (Å²) in [5.74, 6) is -0.235. The molecule has 7 heteroatoms. The molecule has 2 aromatic carbocycles. The summed E-state index contributed by atoms with van der Waals surface area (Å²) in [6.07, 6.45) is 0.851. The van der Waals surface area contributed by atoms with Crippen molar-refractivity contribution >= 4 is 28.2 Å². The van der Waals surface area contributed by atoms with Crippen LogP contribution >= 0.6 is 11.3 Å². The van der Waals surface area contributed by atoms with E-state index in [2.05, 4.69) is 11.4 Å². The zero-order chi connectivity index (χ0) is 24.1. The molecular formula is C27H26N2O4S. The van der Waals surface area contributed by atoms with Crippen LogP contribution in [0.25, 0.3) is 0 Å². The van der Waals surface area contributed by atoms with Crippen LogP contribution in [0.2, 0.25) is 0 Å². The Labute approximate surface area is 203 Å². The summed E-state index contributed by atoms with van der Waals surface area (Å²) in [5, 5.41) is 13.5. The van der Waals surface area contributed by atoms with Crippen molar-refractivity contribution < 1.29 is 19.1 Å². The lowest BCUT2D eigenvalue weighted by Crippen LogP contribution is -2.31. The maximum absolute atomic E-state index is 12.9. The number of anilines is 1. The number of para-hydroxylation sites is 1. The Kier molecular flexibility index (Phi) is 6.99. The number of carbonyl (C=O) groups excluding carboxylic acids is 2. The van der Waals surface area contributed by atoms with Gasteiger partial charge in [0.2, 0.25) is 0 Å². The van der Waals surface area contributed by atoms with Crippen molar-refractivity contribution in [2.45, 2.75) is 44.6 Å². The third-order valence-electron chi connectivity index (χ3n) is 6.04. The minimum atomic E-state index is -0.765. The molecule has 3 aromatic rings. The molecule has 0 aliphatic heterocycles. The monoisotopic (exact) mass is 474 g/mol. The highest BCUT2D eigenvalue weighted by molar-refractivity contribution is 7.17. The Hall–Kier alpha value is -3.63. The second kappa shape index (κ2) is 10.1. The molecule has 0 fully saturated rings. The number of fused-ring (bicyclic) bond motifs is 1. The van der Waals surface area contributed by atoms with E-state index in [0.717, 1.165) is 16.0 Å². The Morgan fingerprint density at radius 2 is 1.82 bits per heavy atom. The normalized spacial score (nSPS) is 17.7. The largest absolute Gasteiger partial charge is 0.481 e. The van der Waals surface area contributed by atoms with Crippen LogP contribution in [0.3, 0.4) is 0 Å². The van der Waals surface area contributed by atoms with Crippen molar-refractivity contribution in [3.63, 3.8) is 0 Å². The lowest BCUT2D eigenvalue weighted by Gasteiger charge is -2.31. The van der Waals surface area contributed by atoms with Crippen LogP contribution in [0.15, 0.2) is 60.7 Å². The van der Waals surface area contributed by atoms with Crippen LogP contribution in [0.1, 0.15) is 46.6 Å². The molecule has 0 spiro atoms. The smallest absolute Gasteiger partial charge is 0.341 e. The van der Waals surface area contributed by atoms with Gasteiger partial charge in [-0.15, -0.1) is 11.3 Å². The summed E-state index contributed by atoms with van der Waals surface area (Å²) in [5.41, 5.74) is 1.54. The van der Waals surface area contributed by atoms with Crippen molar-refractivity contribution in [3.8, 4) is 11.8 Å². The molecule has 6 nitrogen and oxygen atoms in total. The van der Waals surface area contributed by atoms with E-state index in [9.17, 15) is 14.9 Å². The standard InChI is InChI=1S/C27H26N2O4S/c1-3-32-26(31)23-21-14-15-27(17-28,19-10-6-4-7-11-19)16-22(21)34-25(23)29-24(30)18(2)33-20-12-8-5-9-13-20/h4-13,18H,3,14-16H2,1-2H3,(H,29,30). The summed E-state index contributed by atoms with van der Waals surface area (Å²) in [4.78, 5) is 26.7. The first-order valence-corrected chi connectivity index (χ1v) is 12.1. The van der Waals surface area contributed by atoms with E-state index in [4.69, 9.17) is 9.47 Å². The molecule has 1 aliphatic carbocycles. The number of amides is 1. The lowest BCUT2D eigenvalue weighted by atomic mass is 9.70. The van der Waals surface area contributed by atoms with Gasteiger partial charge in [-0.3, -0.25) is 4.79 Å². The molecule has 0 radical (unpaired) electrons. The van der Waals surface area contributed by atoms with Gasteiger partial charge in [-0.25, -0.2) is 4.79 Å². The molecule has 2 atom stereocenters. The fourth-order valence-corrected chi connectivity index (χ4v) is 5.61. The van der Waals surface area contributed by atoms with Crippen LogP contribution in [-0.2, 0) is 27.8 Å². The van der Waals surface area contributed by atoms with Gasteiger partial charge in [0, 0.05) is 11.3 Å². The van der Waals surface area contributed by atoms with E-state index < -0.39 is 17.5 Å². The molecule has 4 rings (SSSR count). The molecule has 1 aliphatic rings. The maximum Gasteiger partial charge on any atom is 0.341 e. The zero-order valence-electron chi connectivity index (χ0n) is 19.2. The number of carbonyl (C=O) groups is 2. The van der Waals surface area contributed by atoms with Crippen LogP contribution in [-0.4, -0.2) is 24.6 Å². The van der Waals surface area contributed by atoms with Crippen molar-refractivity contribution in [3.05, 3.63) is 82.2 Å². The van der Waals surface area contributed by atoms with Crippen molar-refractivity contribution in [2.75, 3.05) is 11.9 Å². The van der Waals surface area contributed by atoms with Gasteiger partial charge in [-0.1, -0.05) is 48.5 Å². The van der Waals surface area contributed by atoms with Gasteiger partial charge in [-0.2, -0.15) is 5.26 Å². The number of hydrogen-bond donors (Lipinski definition) is 1. The summed E-state index contributed by atoms with van der Waals surface area (Å²) in [7, 11) is 0. The van der Waals surface area contributed by atoms with Gasteiger partial charge in [0.25, 0.3) is 5.91 Å². The highest BCUT2D eigenvalue weighted by Gasteiger charge is 2.40. The molecule has 1 amide bonds. The topological polar surface area (TPSA) is 88.4 Å². The minimum Gasteiger partial charge on any atom is -0.481 e. The van der Waals surface area contributed by atoms with Crippen molar-refractivity contribution in [1.82, 2.24) is 0 Å². The minimum absolute atomic E-state index is 0.233. The summed E-state index contributed by atoms with van der Waals surface area (Å²) >= 11 is 1.34. The van der Waals surface area contributed by atoms with E-state index in [1.165, 1.54) is 11.3 Å². The molecule has 1 aromatic heterocycles. The molecule has 0 saturated heterocycles. The number of ether oxygens (including phenoxy) is 2. The first-order chi connectivity index (χ1) is 16.5. The third kappa shape index (κ3) is 4.68. The van der Waals surface area contributed by atoms with Gasteiger partial charge >= 0.3 is 5.97 Å². The Morgan fingerprint density at radius 1 is 1.15 bits per heavy atom.